The first-order valence-corrected chi connectivity index (χ1v) is 9.77. The van der Waals surface area contributed by atoms with Crippen molar-refractivity contribution in [2.45, 2.75) is 33.2 Å². The maximum absolute atomic E-state index is 12.7. The Morgan fingerprint density at radius 2 is 2.00 bits per heavy atom. The third-order valence-corrected chi connectivity index (χ3v) is 5.29. The lowest BCUT2D eigenvalue weighted by Crippen LogP contribution is -2.42. The second-order valence-electron chi connectivity index (χ2n) is 7.51. The fraction of sp³-hybridized carbons (Fsp3) is 0.261. The molecule has 0 fully saturated rings. The van der Waals surface area contributed by atoms with Gasteiger partial charge in [0.1, 0.15) is 5.82 Å². The zero-order chi connectivity index (χ0) is 20.4. The van der Waals surface area contributed by atoms with Crippen molar-refractivity contribution in [3.63, 3.8) is 0 Å². The summed E-state index contributed by atoms with van der Waals surface area (Å²) in [6, 6.07) is 15.5. The Hall–Kier alpha value is -3.41. The molecule has 0 radical (unpaired) electrons. The van der Waals surface area contributed by atoms with Gasteiger partial charge in [-0.1, -0.05) is 36.4 Å². The van der Waals surface area contributed by atoms with Gasteiger partial charge >= 0.3 is 6.03 Å². The molecule has 4 rings (SSSR count). The average Bonchev–Trinajstić information content (AvgIpc) is 2.69. The molecular formula is C23H24N4O2. The Morgan fingerprint density at radius 3 is 2.79 bits per heavy atom. The number of carbonyl (C=O) groups excluding carboxylic acids is 1. The molecular weight excluding hydrogens is 364 g/mol. The summed E-state index contributed by atoms with van der Waals surface area (Å²) >= 11 is 0. The van der Waals surface area contributed by atoms with Crippen LogP contribution in [0.4, 0.5) is 10.5 Å². The minimum absolute atomic E-state index is 0.161. The molecule has 0 unspecified atom stereocenters. The Balaban J connectivity index is 1.50. The summed E-state index contributed by atoms with van der Waals surface area (Å²) in [5, 5.41) is 2.91. The van der Waals surface area contributed by atoms with E-state index in [1.807, 2.05) is 49.4 Å². The van der Waals surface area contributed by atoms with Crippen LogP contribution in [0.25, 0.3) is 0 Å². The van der Waals surface area contributed by atoms with Gasteiger partial charge in [-0.2, -0.15) is 0 Å². The molecule has 6 nitrogen and oxygen atoms in total. The molecule has 2 heterocycles. The van der Waals surface area contributed by atoms with Gasteiger partial charge in [0.05, 0.1) is 17.8 Å². The standard InChI is InChI=1S/C23H24N4O2/c1-15-6-5-9-18(12-15)24-23(29)27-11-10-20-19(14-27)22(28)26-21(25-20)13-17-8-4-3-7-16(17)2/h3-9,12H,10-11,13-14H2,1-2H3,(H,24,29)(H,25,26,28). The minimum atomic E-state index is -0.204. The Morgan fingerprint density at radius 1 is 1.17 bits per heavy atom. The lowest BCUT2D eigenvalue weighted by atomic mass is 10.0. The van der Waals surface area contributed by atoms with Crippen LogP contribution < -0.4 is 10.9 Å². The molecule has 1 aromatic heterocycles. The number of fused-ring (bicyclic) bond motifs is 1. The van der Waals surface area contributed by atoms with E-state index in [1.165, 1.54) is 5.56 Å². The number of rotatable bonds is 3. The number of hydrogen-bond acceptors (Lipinski definition) is 3. The normalized spacial score (nSPS) is 13.1. The van der Waals surface area contributed by atoms with E-state index < -0.39 is 0 Å². The van der Waals surface area contributed by atoms with Crippen molar-refractivity contribution in [2.75, 3.05) is 11.9 Å². The summed E-state index contributed by atoms with van der Waals surface area (Å²) in [6.45, 7) is 4.83. The van der Waals surface area contributed by atoms with Crippen LogP contribution in [-0.2, 0) is 19.4 Å². The number of hydrogen-bond donors (Lipinski definition) is 2. The van der Waals surface area contributed by atoms with Crippen LogP contribution in [0, 0.1) is 13.8 Å². The number of benzene rings is 2. The van der Waals surface area contributed by atoms with Crippen molar-refractivity contribution in [1.29, 1.82) is 0 Å². The lowest BCUT2D eigenvalue weighted by molar-refractivity contribution is 0.205. The highest BCUT2D eigenvalue weighted by Crippen LogP contribution is 2.18. The van der Waals surface area contributed by atoms with Gasteiger partial charge in [-0.15, -0.1) is 0 Å². The van der Waals surface area contributed by atoms with Crippen molar-refractivity contribution < 1.29 is 4.79 Å². The van der Waals surface area contributed by atoms with Gasteiger partial charge in [0.2, 0.25) is 0 Å². The van der Waals surface area contributed by atoms with Gasteiger partial charge in [-0.05, 0) is 42.7 Å². The van der Waals surface area contributed by atoms with Gasteiger partial charge in [0.25, 0.3) is 5.56 Å². The number of H-pyrrole nitrogens is 1. The molecule has 148 valence electrons. The zero-order valence-electron chi connectivity index (χ0n) is 16.7. The average molecular weight is 388 g/mol. The summed E-state index contributed by atoms with van der Waals surface area (Å²) in [5.41, 5.74) is 5.35. The van der Waals surface area contributed by atoms with Gasteiger partial charge in [0, 0.05) is 25.1 Å². The summed E-state index contributed by atoms with van der Waals surface area (Å²) in [5.74, 6) is 0.667. The molecule has 2 aromatic carbocycles. The second kappa shape index (κ2) is 7.91. The maximum Gasteiger partial charge on any atom is 0.322 e. The summed E-state index contributed by atoms with van der Waals surface area (Å²) in [4.78, 5) is 34.5. The van der Waals surface area contributed by atoms with Crippen LogP contribution in [-0.4, -0.2) is 27.4 Å². The van der Waals surface area contributed by atoms with E-state index in [9.17, 15) is 9.59 Å². The number of aromatic amines is 1. The molecule has 1 aliphatic rings. The monoisotopic (exact) mass is 388 g/mol. The summed E-state index contributed by atoms with van der Waals surface area (Å²) < 4.78 is 0. The van der Waals surface area contributed by atoms with Gasteiger partial charge < -0.3 is 15.2 Å². The van der Waals surface area contributed by atoms with Crippen molar-refractivity contribution in [2.24, 2.45) is 0 Å². The molecule has 0 saturated carbocycles. The first-order valence-electron chi connectivity index (χ1n) is 9.77. The quantitative estimate of drug-likeness (QED) is 0.720. The highest BCUT2D eigenvalue weighted by atomic mass is 16.2. The number of aryl methyl sites for hydroxylation is 2. The topological polar surface area (TPSA) is 78.1 Å². The highest BCUT2D eigenvalue weighted by molar-refractivity contribution is 5.89. The number of nitrogens with one attached hydrogen (secondary N) is 2. The van der Waals surface area contributed by atoms with Crippen LogP contribution in [0.2, 0.25) is 0 Å². The number of urea groups is 1. The second-order valence-corrected chi connectivity index (χ2v) is 7.51. The number of amides is 2. The third kappa shape index (κ3) is 4.21. The smallest absolute Gasteiger partial charge is 0.320 e. The van der Waals surface area contributed by atoms with E-state index in [1.54, 1.807) is 4.90 Å². The van der Waals surface area contributed by atoms with Crippen molar-refractivity contribution in [3.05, 3.63) is 92.7 Å². The predicted molar refractivity (Wildman–Crippen MR) is 113 cm³/mol. The van der Waals surface area contributed by atoms with Crippen molar-refractivity contribution >= 4 is 11.7 Å². The molecule has 1 aliphatic heterocycles. The molecule has 0 aliphatic carbocycles. The van der Waals surface area contributed by atoms with Gasteiger partial charge in [-0.3, -0.25) is 4.79 Å². The lowest BCUT2D eigenvalue weighted by Gasteiger charge is -2.28. The molecule has 6 heteroatoms. The number of anilines is 1. The van der Waals surface area contributed by atoms with E-state index in [0.29, 0.717) is 30.8 Å². The first-order chi connectivity index (χ1) is 14.0. The molecule has 2 N–H and O–H groups in total. The van der Waals surface area contributed by atoms with E-state index in [2.05, 4.69) is 28.3 Å². The molecule has 0 bridgehead atoms. The third-order valence-electron chi connectivity index (χ3n) is 5.29. The largest absolute Gasteiger partial charge is 0.322 e. The molecule has 0 spiro atoms. The van der Waals surface area contributed by atoms with Crippen LogP contribution >= 0.6 is 0 Å². The van der Waals surface area contributed by atoms with E-state index in [0.717, 1.165) is 22.5 Å². The van der Waals surface area contributed by atoms with E-state index >= 15 is 0 Å². The van der Waals surface area contributed by atoms with Gasteiger partial charge in [-0.25, -0.2) is 9.78 Å². The molecule has 0 atom stereocenters. The molecule has 3 aromatic rings. The van der Waals surface area contributed by atoms with Crippen LogP contribution in [0.15, 0.2) is 53.3 Å². The molecule has 2 amide bonds. The first kappa shape index (κ1) is 18.9. The maximum atomic E-state index is 12.7. The van der Waals surface area contributed by atoms with Crippen molar-refractivity contribution in [3.8, 4) is 0 Å². The SMILES string of the molecule is Cc1cccc(NC(=O)N2CCc3nc(Cc4ccccc4C)[nH]c(=O)c3C2)c1. The Bertz CT molecular complexity index is 1120. The number of nitrogens with zero attached hydrogens (tertiary/aromatic N) is 2. The van der Waals surface area contributed by atoms with E-state index in [-0.39, 0.29) is 18.1 Å². The van der Waals surface area contributed by atoms with Crippen LogP contribution in [0.3, 0.4) is 0 Å². The van der Waals surface area contributed by atoms with E-state index in [4.69, 9.17) is 0 Å². The Kier molecular flexibility index (Phi) is 5.16. The van der Waals surface area contributed by atoms with Crippen molar-refractivity contribution in [1.82, 2.24) is 14.9 Å². The van der Waals surface area contributed by atoms with Crippen LogP contribution in [0.1, 0.15) is 33.8 Å². The predicted octanol–water partition coefficient (Wildman–Crippen LogP) is 3.57. The highest BCUT2D eigenvalue weighted by Gasteiger charge is 2.24. The minimum Gasteiger partial charge on any atom is -0.320 e. The Labute approximate surface area is 169 Å². The fourth-order valence-corrected chi connectivity index (χ4v) is 3.65. The molecule has 0 saturated heterocycles. The summed E-state index contributed by atoms with van der Waals surface area (Å²) in [6.07, 6.45) is 1.16. The fourth-order valence-electron chi connectivity index (χ4n) is 3.65. The summed E-state index contributed by atoms with van der Waals surface area (Å²) in [7, 11) is 0. The van der Waals surface area contributed by atoms with Gasteiger partial charge in [0.15, 0.2) is 0 Å². The number of carbonyl (C=O) groups is 1. The zero-order valence-corrected chi connectivity index (χ0v) is 16.7. The number of aromatic nitrogens is 2. The van der Waals surface area contributed by atoms with Crippen LogP contribution in [0.5, 0.6) is 0 Å². The molecule has 29 heavy (non-hydrogen) atoms.